The van der Waals surface area contributed by atoms with Gasteiger partial charge in [-0.3, -0.25) is 4.79 Å². The Morgan fingerprint density at radius 3 is 2.90 bits per heavy atom. The molecule has 8 nitrogen and oxygen atoms in total. The number of hydrogen-bond donors (Lipinski definition) is 1. The van der Waals surface area contributed by atoms with Crippen molar-refractivity contribution < 1.29 is 13.6 Å². The predicted octanol–water partition coefficient (Wildman–Crippen LogP) is 3.93. The van der Waals surface area contributed by atoms with Gasteiger partial charge in [0.2, 0.25) is 0 Å². The summed E-state index contributed by atoms with van der Waals surface area (Å²) < 4.78 is 11.0. The number of nitrogens with zero attached hydrogens (tertiary/aromatic N) is 4. The number of thioether (sulfide) groups is 1. The van der Waals surface area contributed by atoms with E-state index in [0.29, 0.717) is 34.6 Å². The quantitative estimate of drug-likeness (QED) is 0.381. The zero-order valence-corrected chi connectivity index (χ0v) is 16.7. The number of aromatic nitrogens is 2. The fourth-order valence-electron chi connectivity index (χ4n) is 3.15. The van der Waals surface area contributed by atoms with Crippen molar-refractivity contribution in [3.63, 3.8) is 0 Å². The molecule has 10 heteroatoms. The highest BCUT2D eigenvalue weighted by molar-refractivity contribution is 7.99. The number of hydrogen-bond acceptors (Lipinski definition) is 9. The molecule has 1 atom stereocenters. The normalized spacial score (nSPS) is 16.5. The molecule has 0 saturated heterocycles. The Balaban J connectivity index is 1.37. The Hall–Kier alpha value is -3.11. The molecule has 4 aromatic heterocycles. The maximum atomic E-state index is 13.0. The number of carbonyl (C=O) groups excluding carboxylic acids is 1. The summed E-state index contributed by atoms with van der Waals surface area (Å²) in [6.45, 7) is 0. The highest BCUT2D eigenvalue weighted by atomic mass is 32.2. The van der Waals surface area contributed by atoms with E-state index >= 15 is 0 Å². The van der Waals surface area contributed by atoms with E-state index in [9.17, 15) is 4.79 Å². The Morgan fingerprint density at radius 2 is 2.10 bits per heavy atom. The zero-order valence-electron chi connectivity index (χ0n) is 15.0. The SMILES string of the molecule is Nc1nc(SCC(=O)N2N=C(c3ccco3)C[C@@H]2c2ccco2)nc2sccc12. The molecule has 5 rings (SSSR count). The van der Waals surface area contributed by atoms with Gasteiger partial charge in [0.05, 0.1) is 23.7 Å². The van der Waals surface area contributed by atoms with Crippen molar-refractivity contribution in [2.45, 2.75) is 17.6 Å². The summed E-state index contributed by atoms with van der Waals surface area (Å²) in [6.07, 6.45) is 3.69. The average Bonchev–Trinajstić information content (AvgIpc) is 3.51. The third-order valence-corrected chi connectivity index (χ3v) is 6.14. The largest absolute Gasteiger partial charge is 0.467 e. The van der Waals surface area contributed by atoms with Crippen LogP contribution in [0.3, 0.4) is 0 Å². The highest BCUT2D eigenvalue weighted by Crippen LogP contribution is 2.34. The predicted molar refractivity (Wildman–Crippen MR) is 111 cm³/mol. The smallest absolute Gasteiger partial charge is 0.253 e. The van der Waals surface area contributed by atoms with E-state index in [4.69, 9.17) is 14.6 Å². The van der Waals surface area contributed by atoms with Gasteiger partial charge in [0.15, 0.2) is 5.16 Å². The van der Waals surface area contributed by atoms with E-state index in [0.717, 1.165) is 10.2 Å². The van der Waals surface area contributed by atoms with E-state index in [1.807, 2.05) is 23.6 Å². The van der Waals surface area contributed by atoms with E-state index in [2.05, 4.69) is 15.1 Å². The average molecular weight is 425 g/mol. The second kappa shape index (κ2) is 7.37. The number of carbonyl (C=O) groups is 1. The molecular weight excluding hydrogens is 410 g/mol. The van der Waals surface area contributed by atoms with Crippen LogP contribution in [0.5, 0.6) is 0 Å². The van der Waals surface area contributed by atoms with Gasteiger partial charge in [-0.05, 0) is 35.7 Å². The van der Waals surface area contributed by atoms with E-state index in [1.54, 1.807) is 24.7 Å². The number of nitrogen functional groups attached to an aromatic ring is 1. The molecule has 5 heterocycles. The van der Waals surface area contributed by atoms with Gasteiger partial charge in [-0.15, -0.1) is 11.3 Å². The first-order valence-corrected chi connectivity index (χ1v) is 10.7. The third-order valence-electron chi connectivity index (χ3n) is 4.50. The number of nitrogens with two attached hydrogens (primary N) is 1. The van der Waals surface area contributed by atoms with Gasteiger partial charge in [0.1, 0.15) is 33.9 Å². The fourth-order valence-corrected chi connectivity index (χ4v) is 4.68. The number of hydrazone groups is 1. The first-order chi connectivity index (χ1) is 14.2. The minimum absolute atomic E-state index is 0.127. The fraction of sp³-hybridized carbons (Fsp3) is 0.158. The van der Waals surface area contributed by atoms with E-state index in [1.165, 1.54) is 28.1 Å². The molecule has 0 radical (unpaired) electrons. The maximum Gasteiger partial charge on any atom is 0.253 e. The molecule has 146 valence electrons. The van der Waals surface area contributed by atoms with Crippen LogP contribution in [0.25, 0.3) is 10.2 Å². The summed E-state index contributed by atoms with van der Waals surface area (Å²) in [7, 11) is 0. The number of amides is 1. The van der Waals surface area contributed by atoms with Crippen molar-refractivity contribution in [3.8, 4) is 0 Å². The summed E-state index contributed by atoms with van der Waals surface area (Å²) in [5.74, 6) is 1.69. The lowest BCUT2D eigenvalue weighted by molar-refractivity contribution is -0.130. The molecule has 29 heavy (non-hydrogen) atoms. The lowest BCUT2D eigenvalue weighted by Crippen LogP contribution is -2.28. The molecule has 1 amide bonds. The summed E-state index contributed by atoms with van der Waals surface area (Å²) in [5.41, 5.74) is 6.69. The lowest BCUT2D eigenvalue weighted by Gasteiger charge is -2.19. The molecule has 0 bridgehead atoms. The van der Waals surface area contributed by atoms with Crippen LogP contribution >= 0.6 is 23.1 Å². The maximum absolute atomic E-state index is 13.0. The Labute approximate surface area is 173 Å². The van der Waals surface area contributed by atoms with Gasteiger partial charge in [0.25, 0.3) is 5.91 Å². The van der Waals surface area contributed by atoms with Crippen LogP contribution in [0, 0.1) is 0 Å². The molecule has 1 aliphatic heterocycles. The van der Waals surface area contributed by atoms with Crippen LogP contribution in [0.1, 0.15) is 24.0 Å². The number of thiophene rings is 1. The molecule has 0 saturated carbocycles. The van der Waals surface area contributed by atoms with Crippen LogP contribution in [-0.2, 0) is 4.79 Å². The number of furan rings is 2. The molecule has 0 fully saturated rings. The summed E-state index contributed by atoms with van der Waals surface area (Å²) in [4.78, 5) is 22.5. The van der Waals surface area contributed by atoms with Gasteiger partial charge in [-0.2, -0.15) is 5.10 Å². The summed E-state index contributed by atoms with van der Waals surface area (Å²) in [6, 6.07) is 8.83. The molecular formula is C19H15N5O3S2. The zero-order chi connectivity index (χ0) is 19.8. The van der Waals surface area contributed by atoms with Gasteiger partial charge < -0.3 is 14.6 Å². The minimum Gasteiger partial charge on any atom is -0.467 e. The van der Waals surface area contributed by atoms with E-state index in [-0.39, 0.29) is 17.7 Å². The molecule has 0 aliphatic carbocycles. The van der Waals surface area contributed by atoms with Gasteiger partial charge in [-0.1, -0.05) is 11.8 Å². The topological polar surface area (TPSA) is 111 Å². The van der Waals surface area contributed by atoms with Crippen molar-refractivity contribution in [3.05, 3.63) is 59.8 Å². The van der Waals surface area contributed by atoms with E-state index < -0.39 is 0 Å². The lowest BCUT2D eigenvalue weighted by atomic mass is 10.1. The summed E-state index contributed by atoms with van der Waals surface area (Å²) >= 11 is 2.72. The third kappa shape index (κ3) is 3.40. The number of anilines is 1. The summed E-state index contributed by atoms with van der Waals surface area (Å²) in [5, 5.41) is 9.18. The first-order valence-electron chi connectivity index (χ1n) is 8.79. The Bertz CT molecular complexity index is 1180. The van der Waals surface area contributed by atoms with Crippen LogP contribution in [0.15, 0.2) is 67.3 Å². The highest BCUT2D eigenvalue weighted by Gasteiger charge is 2.35. The molecule has 2 N–H and O–H groups in total. The van der Waals surface area contributed by atoms with Gasteiger partial charge in [-0.25, -0.2) is 15.0 Å². The number of rotatable bonds is 5. The van der Waals surface area contributed by atoms with Crippen LogP contribution in [0.4, 0.5) is 5.82 Å². The van der Waals surface area contributed by atoms with Crippen molar-refractivity contribution in [2.75, 3.05) is 11.5 Å². The second-order valence-corrected chi connectivity index (χ2v) is 8.15. The Morgan fingerprint density at radius 1 is 1.24 bits per heavy atom. The first kappa shape index (κ1) is 18.0. The van der Waals surface area contributed by atoms with Crippen molar-refractivity contribution >= 4 is 50.8 Å². The van der Waals surface area contributed by atoms with Crippen LogP contribution < -0.4 is 5.73 Å². The standard InChI is InChI=1S/C19H15N5O3S2/c20-17-11-5-8-28-18(11)22-19(21-17)29-10-16(25)24-13(15-4-2-7-27-15)9-12(23-24)14-3-1-6-26-14/h1-8,13H,9-10H2,(H2,20,21,22)/t13-/m1/s1. The van der Waals surface area contributed by atoms with Crippen molar-refractivity contribution in [1.82, 2.24) is 15.0 Å². The van der Waals surface area contributed by atoms with Crippen LogP contribution in [-0.4, -0.2) is 32.3 Å². The molecule has 0 spiro atoms. The van der Waals surface area contributed by atoms with Crippen LogP contribution in [0.2, 0.25) is 0 Å². The minimum atomic E-state index is -0.316. The monoisotopic (exact) mass is 425 g/mol. The molecule has 0 unspecified atom stereocenters. The van der Waals surface area contributed by atoms with Crippen molar-refractivity contribution in [1.29, 1.82) is 0 Å². The second-order valence-electron chi connectivity index (χ2n) is 6.32. The molecule has 4 aromatic rings. The molecule has 1 aliphatic rings. The van der Waals surface area contributed by atoms with Gasteiger partial charge >= 0.3 is 0 Å². The molecule has 0 aromatic carbocycles. The number of fused-ring (bicyclic) bond motifs is 1. The van der Waals surface area contributed by atoms with Crippen molar-refractivity contribution in [2.24, 2.45) is 5.10 Å². The van der Waals surface area contributed by atoms with Gasteiger partial charge in [0, 0.05) is 6.42 Å². The Kier molecular flexibility index (Phi) is 4.57.